The average molecular weight is 283 g/mol. The molecule has 0 aromatic heterocycles. The summed E-state index contributed by atoms with van der Waals surface area (Å²) in [7, 11) is 1.71. The van der Waals surface area contributed by atoms with Gasteiger partial charge in [-0.05, 0) is 32.0 Å². The fourth-order valence-electron chi connectivity index (χ4n) is 2.10. The Morgan fingerprint density at radius 2 is 2.11 bits per heavy atom. The summed E-state index contributed by atoms with van der Waals surface area (Å²) in [5.41, 5.74) is 1.21. The molecule has 0 saturated heterocycles. The van der Waals surface area contributed by atoms with Crippen molar-refractivity contribution in [3.63, 3.8) is 0 Å². The lowest BCUT2D eigenvalue weighted by atomic mass is 10.1. The van der Waals surface area contributed by atoms with Crippen LogP contribution in [0.2, 0.25) is 0 Å². The SMILES string of the molecule is CCNC(C)c1c(OC)cccc1SC(C)CCO. The highest BCUT2D eigenvalue weighted by Gasteiger charge is 2.17. The second kappa shape index (κ2) is 8.46. The van der Waals surface area contributed by atoms with Crippen molar-refractivity contribution >= 4 is 11.8 Å². The molecule has 1 aromatic carbocycles. The zero-order valence-electron chi connectivity index (χ0n) is 12.3. The summed E-state index contributed by atoms with van der Waals surface area (Å²) >= 11 is 1.80. The van der Waals surface area contributed by atoms with E-state index in [1.807, 2.05) is 12.1 Å². The average Bonchev–Trinajstić information content (AvgIpc) is 2.38. The molecule has 0 radical (unpaired) electrons. The van der Waals surface area contributed by atoms with Gasteiger partial charge in [0.1, 0.15) is 5.75 Å². The van der Waals surface area contributed by atoms with Crippen LogP contribution in [0.25, 0.3) is 0 Å². The Bertz CT molecular complexity index is 384. The van der Waals surface area contributed by atoms with Gasteiger partial charge in [0, 0.05) is 28.4 Å². The first-order valence-corrected chi connectivity index (χ1v) is 7.69. The van der Waals surface area contributed by atoms with Gasteiger partial charge in [0.05, 0.1) is 7.11 Å². The molecule has 0 aliphatic rings. The number of thioether (sulfide) groups is 1. The van der Waals surface area contributed by atoms with Crippen molar-refractivity contribution in [1.29, 1.82) is 0 Å². The molecule has 0 amide bonds. The lowest BCUT2D eigenvalue weighted by Crippen LogP contribution is -2.19. The maximum Gasteiger partial charge on any atom is 0.124 e. The summed E-state index contributed by atoms with van der Waals surface area (Å²) < 4.78 is 5.49. The van der Waals surface area contributed by atoms with Crippen molar-refractivity contribution in [2.45, 2.75) is 43.4 Å². The summed E-state index contributed by atoms with van der Waals surface area (Å²) in [6.45, 7) is 7.56. The van der Waals surface area contributed by atoms with E-state index in [-0.39, 0.29) is 12.6 Å². The van der Waals surface area contributed by atoms with Crippen LogP contribution in [0.1, 0.15) is 38.8 Å². The molecule has 108 valence electrons. The zero-order valence-corrected chi connectivity index (χ0v) is 13.1. The van der Waals surface area contributed by atoms with Crippen LogP contribution < -0.4 is 10.1 Å². The fourth-order valence-corrected chi connectivity index (χ4v) is 3.32. The normalized spacial score (nSPS) is 14.2. The Hall–Kier alpha value is -0.710. The standard InChI is InChI=1S/C15H25NO2S/c1-5-16-12(3)15-13(18-4)7-6-8-14(15)19-11(2)9-10-17/h6-8,11-12,16-17H,5,9-10H2,1-4H3. The summed E-state index contributed by atoms with van der Waals surface area (Å²) in [4.78, 5) is 1.23. The molecular formula is C15H25NO2S. The predicted octanol–water partition coefficient (Wildman–Crippen LogP) is 3.23. The van der Waals surface area contributed by atoms with Gasteiger partial charge in [-0.15, -0.1) is 11.8 Å². The van der Waals surface area contributed by atoms with E-state index in [1.165, 1.54) is 10.5 Å². The second-order valence-corrected chi connectivity index (χ2v) is 6.07. The van der Waals surface area contributed by atoms with Gasteiger partial charge in [0.2, 0.25) is 0 Å². The predicted molar refractivity (Wildman–Crippen MR) is 82.1 cm³/mol. The van der Waals surface area contributed by atoms with E-state index in [0.29, 0.717) is 5.25 Å². The number of nitrogens with one attached hydrogen (secondary N) is 1. The Balaban J connectivity index is 3.01. The highest BCUT2D eigenvalue weighted by Crippen LogP contribution is 2.37. The van der Waals surface area contributed by atoms with Crippen molar-refractivity contribution in [2.75, 3.05) is 20.3 Å². The Morgan fingerprint density at radius 1 is 1.37 bits per heavy atom. The monoisotopic (exact) mass is 283 g/mol. The molecule has 0 saturated carbocycles. The molecule has 2 atom stereocenters. The minimum absolute atomic E-state index is 0.232. The molecule has 0 aliphatic heterocycles. The third kappa shape index (κ3) is 4.71. The lowest BCUT2D eigenvalue weighted by Gasteiger charge is -2.21. The number of methoxy groups -OCH3 is 1. The molecule has 1 aromatic rings. The van der Waals surface area contributed by atoms with Crippen LogP contribution in [0.4, 0.5) is 0 Å². The number of hydrogen-bond donors (Lipinski definition) is 2. The third-order valence-corrected chi connectivity index (χ3v) is 4.30. The molecule has 0 spiro atoms. The van der Waals surface area contributed by atoms with E-state index in [1.54, 1.807) is 18.9 Å². The topological polar surface area (TPSA) is 41.5 Å². The van der Waals surface area contributed by atoms with Gasteiger partial charge < -0.3 is 15.2 Å². The van der Waals surface area contributed by atoms with Crippen LogP contribution in [-0.2, 0) is 0 Å². The molecule has 0 aliphatic carbocycles. The Morgan fingerprint density at radius 3 is 2.68 bits per heavy atom. The van der Waals surface area contributed by atoms with Crippen LogP contribution in [-0.4, -0.2) is 30.6 Å². The highest BCUT2D eigenvalue weighted by molar-refractivity contribution is 8.00. The first-order valence-electron chi connectivity index (χ1n) is 6.81. The molecule has 0 heterocycles. The van der Waals surface area contributed by atoms with Gasteiger partial charge in [0.15, 0.2) is 0 Å². The van der Waals surface area contributed by atoms with Crippen molar-refractivity contribution in [3.05, 3.63) is 23.8 Å². The molecule has 0 fully saturated rings. The number of ether oxygens (including phenoxy) is 1. The second-order valence-electron chi connectivity index (χ2n) is 4.59. The maximum absolute atomic E-state index is 9.03. The number of hydrogen-bond acceptors (Lipinski definition) is 4. The summed E-state index contributed by atoms with van der Waals surface area (Å²) in [5, 5.41) is 12.9. The van der Waals surface area contributed by atoms with Crippen molar-refractivity contribution in [3.8, 4) is 5.75 Å². The quantitative estimate of drug-likeness (QED) is 0.719. The Labute approximate surface area is 120 Å². The maximum atomic E-state index is 9.03. The van der Waals surface area contributed by atoms with Gasteiger partial charge in [-0.2, -0.15) is 0 Å². The number of aliphatic hydroxyl groups excluding tert-OH is 1. The third-order valence-electron chi connectivity index (χ3n) is 3.05. The van der Waals surface area contributed by atoms with E-state index in [2.05, 4.69) is 32.2 Å². The summed E-state index contributed by atoms with van der Waals surface area (Å²) in [6, 6.07) is 6.41. The molecule has 0 bridgehead atoms. The number of rotatable bonds is 8. The van der Waals surface area contributed by atoms with E-state index in [4.69, 9.17) is 9.84 Å². The van der Waals surface area contributed by atoms with Gasteiger partial charge >= 0.3 is 0 Å². The van der Waals surface area contributed by atoms with E-state index < -0.39 is 0 Å². The van der Waals surface area contributed by atoms with Crippen LogP contribution in [0, 0.1) is 0 Å². The van der Waals surface area contributed by atoms with Crippen molar-refractivity contribution in [1.82, 2.24) is 5.32 Å². The van der Waals surface area contributed by atoms with Gasteiger partial charge in [-0.1, -0.05) is 19.9 Å². The number of aliphatic hydroxyl groups is 1. The molecule has 19 heavy (non-hydrogen) atoms. The fraction of sp³-hybridized carbons (Fsp3) is 0.600. The first-order chi connectivity index (χ1) is 9.13. The molecule has 4 heteroatoms. The molecule has 2 N–H and O–H groups in total. The smallest absolute Gasteiger partial charge is 0.124 e. The molecular weight excluding hydrogens is 258 g/mol. The number of benzene rings is 1. The van der Waals surface area contributed by atoms with E-state index in [0.717, 1.165) is 18.7 Å². The minimum Gasteiger partial charge on any atom is -0.496 e. The van der Waals surface area contributed by atoms with Gasteiger partial charge in [-0.25, -0.2) is 0 Å². The largest absolute Gasteiger partial charge is 0.496 e. The van der Waals surface area contributed by atoms with Crippen LogP contribution in [0.5, 0.6) is 5.75 Å². The molecule has 2 unspecified atom stereocenters. The molecule has 1 rings (SSSR count). The van der Waals surface area contributed by atoms with Gasteiger partial charge in [0.25, 0.3) is 0 Å². The summed E-state index contributed by atoms with van der Waals surface area (Å²) in [6.07, 6.45) is 0.802. The van der Waals surface area contributed by atoms with Crippen molar-refractivity contribution in [2.24, 2.45) is 0 Å². The molecule has 3 nitrogen and oxygen atoms in total. The van der Waals surface area contributed by atoms with Crippen molar-refractivity contribution < 1.29 is 9.84 Å². The van der Waals surface area contributed by atoms with Crippen LogP contribution >= 0.6 is 11.8 Å². The highest BCUT2D eigenvalue weighted by atomic mass is 32.2. The van der Waals surface area contributed by atoms with E-state index in [9.17, 15) is 0 Å². The van der Waals surface area contributed by atoms with Gasteiger partial charge in [-0.3, -0.25) is 0 Å². The first kappa shape index (κ1) is 16.3. The van der Waals surface area contributed by atoms with Crippen LogP contribution in [0.15, 0.2) is 23.1 Å². The Kier molecular flexibility index (Phi) is 7.28. The summed E-state index contributed by atoms with van der Waals surface area (Å²) in [5.74, 6) is 0.926. The lowest BCUT2D eigenvalue weighted by molar-refractivity contribution is 0.289. The van der Waals surface area contributed by atoms with Crippen LogP contribution in [0.3, 0.4) is 0 Å². The van der Waals surface area contributed by atoms with E-state index >= 15 is 0 Å². The zero-order chi connectivity index (χ0) is 14.3. The minimum atomic E-state index is 0.232.